The topological polar surface area (TPSA) is 55.6 Å². The Balaban J connectivity index is 1.54. The minimum Gasteiger partial charge on any atom is -0.497 e. The molecule has 0 bridgehead atoms. The van der Waals surface area contributed by atoms with E-state index in [0.29, 0.717) is 10.1 Å². The van der Waals surface area contributed by atoms with Crippen LogP contribution in [0.25, 0.3) is 23.0 Å². The first-order valence-electron chi connectivity index (χ1n) is 10.9. The Bertz CT molecular complexity index is 1390. The molecule has 34 heavy (non-hydrogen) atoms. The number of hydrogen-bond acceptors (Lipinski definition) is 4. The van der Waals surface area contributed by atoms with Crippen molar-refractivity contribution in [3.63, 3.8) is 0 Å². The lowest BCUT2D eigenvalue weighted by Gasteiger charge is -2.13. The number of para-hydroxylation sites is 1. The van der Waals surface area contributed by atoms with Crippen molar-refractivity contribution in [1.29, 1.82) is 0 Å². The number of aromatic nitrogens is 1. The van der Waals surface area contributed by atoms with Crippen molar-refractivity contribution in [2.24, 2.45) is 4.99 Å². The number of methoxy groups -OCH3 is 1. The van der Waals surface area contributed by atoms with E-state index in [1.54, 1.807) is 7.11 Å². The van der Waals surface area contributed by atoms with Crippen LogP contribution in [0.4, 0.5) is 5.69 Å². The maximum absolute atomic E-state index is 12.8. The van der Waals surface area contributed by atoms with Crippen molar-refractivity contribution in [3.8, 4) is 22.7 Å². The SMILES string of the molecule is COc1ccc(N=C2NC(=O)/C(=C/c3cc(C)n(-c4ccccc4)c3-c3ccccc3)S2)cc1. The van der Waals surface area contributed by atoms with Crippen LogP contribution in [0.5, 0.6) is 5.75 Å². The maximum atomic E-state index is 12.8. The molecule has 1 N–H and O–H groups in total. The number of amidine groups is 1. The molecule has 6 heteroatoms. The molecule has 4 aromatic rings. The molecule has 0 aliphatic carbocycles. The predicted molar refractivity (Wildman–Crippen MR) is 140 cm³/mol. The molecule has 1 fully saturated rings. The largest absolute Gasteiger partial charge is 0.497 e. The van der Waals surface area contributed by atoms with Gasteiger partial charge in [-0.25, -0.2) is 4.99 Å². The minimum atomic E-state index is -0.151. The molecular formula is C28H23N3O2S. The van der Waals surface area contributed by atoms with Crippen molar-refractivity contribution in [1.82, 2.24) is 9.88 Å². The third-order valence-corrected chi connectivity index (χ3v) is 6.43. The molecule has 0 spiro atoms. The Morgan fingerprint density at radius 1 is 0.941 bits per heavy atom. The highest BCUT2D eigenvalue weighted by Crippen LogP contribution is 2.35. The number of amides is 1. The summed E-state index contributed by atoms with van der Waals surface area (Å²) in [5.74, 6) is 0.612. The summed E-state index contributed by atoms with van der Waals surface area (Å²) in [6.07, 6.45) is 1.95. The molecule has 5 rings (SSSR count). The summed E-state index contributed by atoms with van der Waals surface area (Å²) in [6, 6.07) is 30.0. The van der Waals surface area contributed by atoms with Gasteiger partial charge in [-0.3, -0.25) is 4.79 Å². The van der Waals surface area contributed by atoms with Gasteiger partial charge in [0, 0.05) is 16.9 Å². The Morgan fingerprint density at radius 2 is 1.62 bits per heavy atom. The molecule has 0 unspecified atom stereocenters. The van der Waals surface area contributed by atoms with Gasteiger partial charge in [0.1, 0.15) is 5.75 Å². The average Bonchev–Trinajstić information content (AvgIpc) is 3.38. The lowest BCUT2D eigenvalue weighted by atomic mass is 10.1. The van der Waals surface area contributed by atoms with Crippen LogP contribution < -0.4 is 10.1 Å². The minimum absolute atomic E-state index is 0.151. The fraction of sp³-hybridized carbons (Fsp3) is 0.0714. The van der Waals surface area contributed by atoms with Crippen molar-refractivity contribution < 1.29 is 9.53 Å². The monoisotopic (exact) mass is 465 g/mol. The molecule has 0 radical (unpaired) electrons. The normalized spacial score (nSPS) is 15.6. The van der Waals surface area contributed by atoms with Gasteiger partial charge in [0.05, 0.1) is 23.4 Å². The number of ether oxygens (including phenoxy) is 1. The van der Waals surface area contributed by atoms with Crippen LogP contribution >= 0.6 is 11.8 Å². The number of thioether (sulfide) groups is 1. The second-order valence-corrected chi connectivity index (χ2v) is 8.84. The van der Waals surface area contributed by atoms with E-state index in [4.69, 9.17) is 4.74 Å². The van der Waals surface area contributed by atoms with E-state index in [-0.39, 0.29) is 5.91 Å². The number of aliphatic imine (C=N–C) groups is 1. The molecule has 2 heterocycles. The van der Waals surface area contributed by atoms with Crippen LogP contribution in [0, 0.1) is 6.92 Å². The van der Waals surface area contributed by atoms with Crippen LogP contribution in [0.2, 0.25) is 0 Å². The third-order valence-electron chi connectivity index (χ3n) is 5.52. The van der Waals surface area contributed by atoms with Crippen LogP contribution in [0.3, 0.4) is 0 Å². The van der Waals surface area contributed by atoms with Crippen LogP contribution in [-0.2, 0) is 4.79 Å². The highest BCUT2D eigenvalue weighted by Gasteiger charge is 2.25. The number of benzene rings is 3. The highest BCUT2D eigenvalue weighted by atomic mass is 32.2. The second kappa shape index (κ2) is 9.45. The molecule has 168 valence electrons. The van der Waals surface area contributed by atoms with Crippen molar-refractivity contribution in [2.75, 3.05) is 7.11 Å². The van der Waals surface area contributed by atoms with Gasteiger partial charge in [-0.1, -0.05) is 48.5 Å². The summed E-state index contributed by atoms with van der Waals surface area (Å²) < 4.78 is 7.42. The van der Waals surface area contributed by atoms with Crippen LogP contribution in [0.1, 0.15) is 11.3 Å². The van der Waals surface area contributed by atoms with Gasteiger partial charge in [0.2, 0.25) is 0 Å². The second-order valence-electron chi connectivity index (χ2n) is 7.81. The summed E-state index contributed by atoms with van der Waals surface area (Å²) in [6.45, 7) is 2.08. The van der Waals surface area contributed by atoms with E-state index in [9.17, 15) is 4.79 Å². The smallest absolute Gasteiger partial charge is 0.264 e. The van der Waals surface area contributed by atoms with E-state index in [1.807, 2.05) is 66.7 Å². The number of rotatable bonds is 5. The van der Waals surface area contributed by atoms with E-state index in [0.717, 1.165) is 39.6 Å². The van der Waals surface area contributed by atoms with Crippen molar-refractivity contribution >= 4 is 34.6 Å². The molecule has 0 saturated carbocycles. The Kier molecular flexibility index (Phi) is 6.06. The lowest BCUT2D eigenvalue weighted by Crippen LogP contribution is -2.19. The zero-order valence-corrected chi connectivity index (χ0v) is 19.7. The van der Waals surface area contributed by atoms with Gasteiger partial charge in [0.25, 0.3) is 5.91 Å². The maximum Gasteiger partial charge on any atom is 0.264 e. The number of carbonyl (C=O) groups is 1. The van der Waals surface area contributed by atoms with Gasteiger partial charge < -0.3 is 14.6 Å². The Morgan fingerprint density at radius 3 is 2.29 bits per heavy atom. The first kappa shape index (κ1) is 21.8. The quantitative estimate of drug-likeness (QED) is 0.349. The summed E-state index contributed by atoms with van der Waals surface area (Å²) >= 11 is 1.34. The molecule has 1 aliphatic rings. The van der Waals surface area contributed by atoms with Gasteiger partial charge in [0.15, 0.2) is 5.17 Å². The third kappa shape index (κ3) is 4.40. The van der Waals surface area contributed by atoms with Crippen molar-refractivity contribution in [2.45, 2.75) is 6.92 Å². The van der Waals surface area contributed by atoms with E-state index in [2.05, 4.69) is 52.1 Å². The number of hydrogen-bond donors (Lipinski definition) is 1. The molecular weight excluding hydrogens is 442 g/mol. The molecule has 3 aromatic carbocycles. The average molecular weight is 466 g/mol. The molecule has 1 amide bonds. The van der Waals surface area contributed by atoms with Crippen LogP contribution in [0.15, 0.2) is 101 Å². The number of nitrogens with one attached hydrogen (secondary N) is 1. The summed E-state index contributed by atoms with van der Waals surface area (Å²) in [5.41, 5.74) is 6.03. The first-order valence-corrected chi connectivity index (χ1v) is 11.7. The molecule has 1 aliphatic heterocycles. The fourth-order valence-corrected chi connectivity index (χ4v) is 4.80. The molecule has 5 nitrogen and oxygen atoms in total. The van der Waals surface area contributed by atoms with Gasteiger partial charge in [-0.15, -0.1) is 0 Å². The first-order chi connectivity index (χ1) is 16.6. The predicted octanol–water partition coefficient (Wildman–Crippen LogP) is 6.35. The summed E-state index contributed by atoms with van der Waals surface area (Å²) in [4.78, 5) is 18.0. The Hall–Kier alpha value is -4.03. The fourth-order valence-electron chi connectivity index (χ4n) is 3.97. The molecule has 1 aromatic heterocycles. The van der Waals surface area contributed by atoms with Crippen LogP contribution in [-0.4, -0.2) is 22.8 Å². The highest BCUT2D eigenvalue weighted by molar-refractivity contribution is 8.18. The zero-order valence-electron chi connectivity index (χ0n) is 18.9. The number of carbonyl (C=O) groups excluding carboxylic acids is 1. The Labute approximate surface area is 202 Å². The van der Waals surface area contributed by atoms with E-state index >= 15 is 0 Å². The van der Waals surface area contributed by atoms with Gasteiger partial charge in [-0.05, 0) is 72.8 Å². The van der Waals surface area contributed by atoms with E-state index in [1.165, 1.54) is 11.8 Å². The van der Waals surface area contributed by atoms with E-state index < -0.39 is 0 Å². The zero-order chi connectivity index (χ0) is 23.5. The number of nitrogens with zero attached hydrogens (tertiary/aromatic N) is 2. The van der Waals surface area contributed by atoms with Gasteiger partial charge in [-0.2, -0.15) is 0 Å². The standard InChI is InChI=1S/C28H23N3O2S/c1-19-17-21(26(20-9-5-3-6-10-20)31(19)23-11-7-4-8-12-23)18-25-27(32)30-28(34-25)29-22-13-15-24(33-2)16-14-22/h3-18H,1-2H3,(H,29,30,32)/b25-18-. The van der Waals surface area contributed by atoms with Crippen molar-refractivity contribution in [3.05, 3.63) is 107 Å². The van der Waals surface area contributed by atoms with Gasteiger partial charge >= 0.3 is 0 Å². The molecule has 0 atom stereocenters. The summed E-state index contributed by atoms with van der Waals surface area (Å²) in [7, 11) is 1.63. The molecule has 1 saturated heterocycles. The lowest BCUT2D eigenvalue weighted by molar-refractivity contribution is -0.115. The summed E-state index contributed by atoms with van der Waals surface area (Å²) in [5, 5.41) is 3.44. The number of aryl methyl sites for hydroxylation is 1.